The zero-order valence-corrected chi connectivity index (χ0v) is 8.80. The van der Waals surface area contributed by atoms with Gasteiger partial charge in [0.1, 0.15) is 5.69 Å². The second-order valence-electron chi connectivity index (χ2n) is 1.92. The third kappa shape index (κ3) is 2.11. The molecule has 0 aliphatic rings. The summed E-state index contributed by atoms with van der Waals surface area (Å²) in [5.41, 5.74) is 0.0230. The molecule has 12 heavy (non-hydrogen) atoms. The molecule has 1 aromatic rings. The number of thiocarbonyl (C=S) groups is 1. The summed E-state index contributed by atoms with van der Waals surface area (Å²) in [5.74, 6) is -0.522. The lowest BCUT2D eigenvalue weighted by Crippen LogP contribution is -1.77. The minimum absolute atomic E-state index is 0.0230. The van der Waals surface area contributed by atoms with Crippen molar-refractivity contribution in [3.8, 4) is 0 Å². The van der Waals surface area contributed by atoms with Gasteiger partial charge in [-0.15, -0.1) is 0 Å². The Morgan fingerprint density at radius 1 is 1.58 bits per heavy atom. The average molecular weight is 267 g/mol. The average Bonchev–Trinajstić information content (AvgIpc) is 1.96. The number of hydrogen-bond donors (Lipinski definition) is 0. The molecule has 5 heteroatoms. The number of aliphatic imine (C=N–C) groups is 1. The van der Waals surface area contributed by atoms with Crippen LogP contribution in [0.4, 0.5) is 10.1 Å². The molecule has 62 valence electrons. The Bertz CT molecular complexity index is 339. The largest absolute Gasteiger partial charge is 0.204 e. The van der Waals surface area contributed by atoms with Crippen molar-refractivity contribution >= 4 is 50.6 Å². The Morgan fingerprint density at radius 2 is 2.25 bits per heavy atom. The maximum Gasteiger partial charge on any atom is 0.152 e. The SMILES string of the molecule is Fc1cc(Br)cc(Cl)c1N=C=S. The predicted molar refractivity (Wildman–Crippen MR) is 53.8 cm³/mol. The van der Waals surface area contributed by atoms with Crippen LogP contribution in [0.3, 0.4) is 0 Å². The van der Waals surface area contributed by atoms with Crippen molar-refractivity contribution in [1.82, 2.24) is 0 Å². The van der Waals surface area contributed by atoms with Gasteiger partial charge in [-0.25, -0.2) is 4.39 Å². The van der Waals surface area contributed by atoms with Gasteiger partial charge < -0.3 is 0 Å². The summed E-state index contributed by atoms with van der Waals surface area (Å²) in [7, 11) is 0. The molecule has 0 amide bonds. The zero-order chi connectivity index (χ0) is 9.14. The maximum absolute atomic E-state index is 13.0. The molecule has 0 N–H and O–H groups in total. The Hall–Kier alpha value is -0.280. The van der Waals surface area contributed by atoms with Crippen molar-refractivity contribution in [3.63, 3.8) is 0 Å². The van der Waals surface area contributed by atoms with E-state index in [-0.39, 0.29) is 10.7 Å². The van der Waals surface area contributed by atoms with Crippen molar-refractivity contribution in [2.75, 3.05) is 0 Å². The van der Waals surface area contributed by atoms with Crippen molar-refractivity contribution < 1.29 is 4.39 Å². The van der Waals surface area contributed by atoms with Crippen molar-refractivity contribution in [3.05, 3.63) is 27.4 Å². The second kappa shape index (κ2) is 4.10. The summed E-state index contributed by atoms with van der Waals surface area (Å²) in [6, 6.07) is 2.80. The number of isothiocyanates is 1. The van der Waals surface area contributed by atoms with E-state index in [9.17, 15) is 4.39 Å². The van der Waals surface area contributed by atoms with E-state index in [0.717, 1.165) is 0 Å². The molecule has 1 nitrogen and oxygen atoms in total. The van der Waals surface area contributed by atoms with Gasteiger partial charge in [-0.1, -0.05) is 27.5 Å². The number of nitrogens with zero attached hydrogens (tertiary/aromatic N) is 1. The van der Waals surface area contributed by atoms with Gasteiger partial charge in [0.15, 0.2) is 5.82 Å². The van der Waals surface area contributed by atoms with Crippen molar-refractivity contribution in [1.29, 1.82) is 0 Å². The summed E-state index contributed by atoms with van der Waals surface area (Å²) in [5, 5.41) is 2.26. The van der Waals surface area contributed by atoms with Crippen LogP contribution in [0.1, 0.15) is 0 Å². The van der Waals surface area contributed by atoms with Crippen LogP contribution in [0.2, 0.25) is 5.02 Å². The molecule has 0 saturated carbocycles. The number of rotatable bonds is 1. The Labute approximate surface area is 87.4 Å². The van der Waals surface area contributed by atoms with Crippen LogP contribution >= 0.6 is 39.7 Å². The highest BCUT2D eigenvalue weighted by Crippen LogP contribution is 2.30. The standard InChI is InChI=1S/C7H2BrClFNS/c8-4-1-5(9)7(11-3-12)6(10)2-4/h1-2H. The lowest BCUT2D eigenvalue weighted by molar-refractivity contribution is 0.629. The van der Waals surface area contributed by atoms with Crippen molar-refractivity contribution in [2.24, 2.45) is 4.99 Å². The van der Waals surface area contributed by atoms with Gasteiger partial charge in [-0.05, 0) is 24.4 Å². The minimum atomic E-state index is -0.522. The molecule has 0 radical (unpaired) electrons. The third-order valence-corrected chi connectivity index (χ3v) is 1.98. The van der Waals surface area contributed by atoms with E-state index >= 15 is 0 Å². The first-order valence-electron chi connectivity index (χ1n) is 2.87. The van der Waals surface area contributed by atoms with E-state index in [0.29, 0.717) is 4.47 Å². The van der Waals surface area contributed by atoms with Gasteiger partial charge in [0.2, 0.25) is 0 Å². The van der Waals surface area contributed by atoms with E-state index in [1.165, 1.54) is 12.1 Å². The molecule has 1 aromatic carbocycles. The fourth-order valence-corrected chi connectivity index (χ4v) is 1.59. The smallest absolute Gasteiger partial charge is 0.152 e. The second-order valence-corrected chi connectivity index (χ2v) is 3.43. The van der Waals surface area contributed by atoms with E-state index in [2.05, 4.69) is 38.3 Å². The number of halogens is 3. The summed E-state index contributed by atoms with van der Waals surface area (Å²) in [4.78, 5) is 3.48. The number of hydrogen-bond acceptors (Lipinski definition) is 2. The molecular weight excluding hydrogens is 265 g/mol. The molecular formula is C7H2BrClFNS. The van der Waals surface area contributed by atoms with E-state index in [1.54, 1.807) is 0 Å². The monoisotopic (exact) mass is 265 g/mol. The summed E-state index contributed by atoms with van der Waals surface area (Å²) in [6.07, 6.45) is 0. The highest BCUT2D eigenvalue weighted by molar-refractivity contribution is 9.10. The fraction of sp³-hybridized carbons (Fsp3) is 0. The molecule has 0 heterocycles. The summed E-state index contributed by atoms with van der Waals surface area (Å²) >= 11 is 13.1. The highest BCUT2D eigenvalue weighted by Gasteiger charge is 2.06. The normalized spacial score (nSPS) is 9.25. The molecule has 0 bridgehead atoms. The lowest BCUT2D eigenvalue weighted by Gasteiger charge is -1.98. The summed E-state index contributed by atoms with van der Waals surface area (Å²) in [6.45, 7) is 0. The molecule has 1 rings (SSSR count). The minimum Gasteiger partial charge on any atom is -0.204 e. The third-order valence-electron chi connectivity index (χ3n) is 1.14. The number of benzene rings is 1. The quantitative estimate of drug-likeness (QED) is 0.553. The predicted octanol–water partition coefficient (Wildman–Crippen LogP) is 3.98. The molecule has 0 aromatic heterocycles. The Kier molecular flexibility index (Phi) is 3.35. The zero-order valence-electron chi connectivity index (χ0n) is 5.64. The molecule has 0 aliphatic carbocycles. The molecule has 0 fully saturated rings. The maximum atomic E-state index is 13.0. The van der Waals surface area contributed by atoms with E-state index < -0.39 is 5.82 Å². The van der Waals surface area contributed by atoms with Crippen LogP contribution in [0.15, 0.2) is 21.6 Å². The van der Waals surface area contributed by atoms with Crippen LogP contribution in [0.25, 0.3) is 0 Å². The van der Waals surface area contributed by atoms with Gasteiger partial charge in [-0.2, -0.15) is 4.99 Å². The topological polar surface area (TPSA) is 12.4 Å². The van der Waals surface area contributed by atoms with Crippen LogP contribution in [-0.4, -0.2) is 5.16 Å². The molecule has 0 spiro atoms. The van der Waals surface area contributed by atoms with Crippen LogP contribution in [0, 0.1) is 5.82 Å². The molecule has 0 aliphatic heterocycles. The molecule has 0 saturated heterocycles. The highest BCUT2D eigenvalue weighted by atomic mass is 79.9. The lowest BCUT2D eigenvalue weighted by atomic mass is 10.3. The van der Waals surface area contributed by atoms with E-state index in [4.69, 9.17) is 11.6 Å². The molecule has 0 atom stereocenters. The Morgan fingerprint density at radius 3 is 2.75 bits per heavy atom. The van der Waals surface area contributed by atoms with E-state index in [1.807, 2.05) is 0 Å². The fourth-order valence-electron chi connectivity index (χ4n) is 0.687. The first-order valence-corrected chi connectivity index (χ1v) is 4.45. The first kappa shape index (κ1) is 9.81. The van der Waals surface area contributed by atoms with Crippen LogP contribution in [-0.2, 0) is 0 Å². The Balaban J connectivity index is 3.37. The van der Waals surface area contributed by atoms with Crippen molar-refractivity contribution in [2.45, 2.75) is 0 Å². The molecule has 0 unspecified atom stereocenters. The summed E-state index contributed by atoms with van der Waals surface area (Å²) < 4.78 is 13.6. The van der Waals surface area contributed by atoms with Gasteiger partial charge in [-0.3, -0.25) is 0 Å². The first-order chi connectivity index (χ1) is 5.65. The van der Waals surface area contributed by atoms with Gasteiger partial charge in [0, 0.05) is 4.47 Å². The van der Waals surface area contributed by atoms with Crippen LogP contribution < -0.4 is 0 Å². The van der Waals surface area contributed by atoms with Gasteiger partial charge in [0.25, 0.3) is 0 Å². The van der Waals surface area contributed by atoms with Gasteiger partial charge in [0.05, 0.1) is 10.2 Å². The van der Waals surface area contributed by atoms with Crippen LogP contribution in [0.5, 0.6) is 0 Å². The van der Waals surface area contributed by atoms with Gasteiger partial charge >= 0.3 is 0 Å².